The van der Waals surface area contributed by atoms with Gasteiger partial charge in [0.1, 0.15) is 5.75 Å². The number of piperidine rings is 1. The highest BCUT2D eigenvalue weighted by molar-refractivity contribution is 5.32. The van der Waals surface area contributed by atoms with Crippen molar-refractivity contribution in [1.82, 2.24) is 5.32 Å². The first-order chi connectivity index (χ1) is 9.21. The molecule has 2 heterocycles. The minimum Gasteiger partial charge on any atom is -0.490 e. The molecule has 2 aliphatic heterocycles. The van der Waals surface area contributed by atoms with E-state index in [4.69, 9.17) is 4.74 Å². The second-order valence-electron chi connectivity index (χ2n) is 6.42. The van der Waals surface area contributed by atoms with Gasteiger partial charge in [0.25, 0.3) is 0 Å². The van der Waals surface area contributed by atoms with Gasteiger partial charge in [-0.05, 0) is 56.2 Å². The average Bonchev–Trinajstić information content (AvgIpc) is 3.14. The molecule has 2 N–H and O–H groups in total. The Balaban J connectivity index is 1.53. The van der Waals surface area contributed by atoms with Gasteiger partial charge in [0.2, 0.25) is 0 Å². The van der Waals surface area contributed by atoms with E-state index in [9.17, 15) is 5.11 Å². The van der Waals surface area contributed by atoms with Crippen LogP contribution in [0.3, 0.4) is 0 Å². The third kappa shape index (κ3) is 2.26. The molecule has 1 aliphatic carbocycles. The quantitative estimate of drug-likeness (QED) is 0.875. The molecule has 0 aromatic heterocycles. The van der Waals surface area contributed by atoms with E-state index in [1.165, 1.54) is 25.7 Å². The van der Waals surface area contributed by atoms with Gasteiger partial charge in [-0.3, -0.25) is 0 Å². The number of benzene rings is 1. The van der Waals surface area contributed by atoms with E-state index in [1.54, 1.807) is 0 Å². The van der Waals surface area contributed by atoms with Crippen molar-refractivity contribution in [2.24, 2.45) is 0 Å². The summed E-state index contributed by atoms with van der Waals surface area (Å²) < 4.78 is 5.76. The van der Waals surface area contributed by atoms with E-state index in [1.807, 2.05) is 24.3 Å². The Morgan fingerprint density at radius 1 is 1.00 bits per heavy atom. The molecule has 2 atom stereocenters. The molecule has 19 heavy (non-hydrogen) atoms. The van der Waals surface area contributed by atoms with E-state index in [0.29, 0.717) is 18.2 Å². The van der Waals surface area contributed by atoms with Crippen molar-refractivity contribution in [1.29, 1.82) is 0 Å². The molecular weight excluding hydrogens is 238 g/mol. The van der Waals surface area contributed by atoms with Crippen LogP contribution < -0.4 is 10.1 Å². The predicted molar refractivity (Wildman–Crippen MR) is 73.2 cm³/mol. The third-order valence-corrected chi connectivity index (χ3v) is 4.72. The van der Waals surface area contributed by atoms with Crippen molar-refractivity contribution in [2.75, 3.05) is 0 Å². The SMILES string of the molecule is OC1(c2ccc(OC3CC3)cc2)CC2CCC(C1)N2. The zero-order valence-corrected chi connectivity index (χ0v) is 11.1. The summed E-state index contributed by atoms with van der Waals surface area (Å²) in [5.74, 6) is 0.937. The van der Waals surface area contributed by atoms with Crippen LogP contribution in [-0.2, 0) is 5.60 Å². The summed E-state index contributed by atoms with van der Waals surface area (Å²) in [7, 11) is 0. The lowest BCUT2D eigenvalue weighted by Gasteiger charge is -2.37. The van der Waals surface area contributed by atoms with E-state index in [-0.39, 0.29) is 0 Å². The number of ether oxygens (including phenoxy) is 1. The topological polar surface area (TPSA) is 41.5 Å². The molecule has 3 aliphatic rings. The van der Waals surface area contributed by atoms with Crippen molar-refractivity contribution >= 4 is 0 Å². The Bertz CT molecular complexity index is 454. The summed E-state index contributed by atoms with van der Waals surface area (Å²) in [5.41, 5.74) is 0.406. The summed E-state index contributed by atoms with van der Waals surface area (Å²) in [6, 6.07) is 9.09. The fourth-order valence-electron chi connectivity index (χ4n) is 3.58. The zero-order valence-electron chi connectivity index (χ0n) is 11.1. The summed E-state index contributed by atoms with van der Waals surface area (Å²) in [6.07, 6.45) is 6.88. The van der Waals surface area contributed by atoms with Gasteiger partial charge in [-0.15, -0.1) is 0 Å². The molecule has 2 bridgehead atoms. The van der Waals surface area contributed by atoms with Gasteiger partial charge in [0, 0.05) is 12.1 Å². The number of fused-ring (bicyclic) bond motifs is 2. The molecule has 3 fully saturated rings. The smallest absolute Gasteiger partial charge is 0.119 e. The fraction of sp³-hybridized carbons (Fsp3) is 0.625. The lowest BCUT2D eigenvalue weighted by molar-refractivity contribution is -0.0114. The van der Waals surface area contributed by atoms with E-state index in [2.05, 4.69) is 5.32 Å². The minimum absolute atomic E-state index is 0.434. The fourth-order valence-corrected chi connectivity index (χ4v) is 3.58. The van der Waals surface area contributed by atoms with Crippen LogP contribution in [0.4, 0.5) is 0 Å². The Morgan fingerprint density at radius 3 is 2.21 bits per heavy atom. The normalized spacial score (nSPS) is 37.3. The maximum Gasteiger partial charge on any atom is 0.119 e. The van der Waals surface area contributed by atoms with Crippen LogP contribution in [0.15, 0.2) is 24.3 Å². The maximum atomic E-state index is 10.9. The Labute approximate surface area is 114 Å². The van der Waals surface area contributed by atoms with Gasteiger partial charge in [-0.25, -0.2) is 0 Å². The van der Waals surface area contributed by atoms with Crippen molar-refractivity contribution in [3.63, 3.8) is 0 Å². The first-order valence-corrected chi connectivity index (χ1v) is 7.47. The van der Waals surface area contributed by atoms with E-state index in [0.717, 1.165) is 24.2 Å². The molecule has 4 rings (SSSR count). The molecule has 1 saturated carbocycles. The van der Waals surface area contributed by atoms with Crippen LogP contribution in [0.2, 0.25) is 0 Å². The molecule has 3 nitrogen and oxygen atoms in total. The van der Waals surface area contributed by atoms with E-state index < -0.39 is 5.60 Å². The van der Waals surface area contributed by atoms with Gasteiger partial charge in [0.15, 0.2) is 0 Å². The monoisotopic (exact) mass is 259 g/mol. The largest absolute Gasteiger partial charge is 0.490 e. The minimum atomic E-state index is -0.644. The number of rotatable bonds is 3. The molecular formula is C16H21NO2. The van der Waals surface area contributed by atoms with Gasteiger partial charge in [0.05, 0.1) is 11.7 Å². The van der Waals surface area contributed by atoms with Gasteiger partial charge in [-0.2, -0.15) is 0 Å². The lowest BCUT2D eigenvalue weighted by Crippen LogP contribution is -2.46. The molecule has 102 valence electrons. The van der Waals surface area contributed by atoms with Crippen LogP contribution in [-0.4, -0.2) is 23.3 Å². The van der Waals surface area contributed by atoms with Crippen molar-refractivity contribution < 1.29 is 9.84 Å². The van der Waals surface area contributed by atoms with Crippen molar-refractivity contribution in [3.05, 3.63) is 29.8 Å². The highest BCUT2D eigenvalue weighted by atomic mass is 16.5. The second-order valence-corrected chi connectivity index (χ2v) is 6.42. The average molecular weight is 259 g/mol. The predicted octanol–water partition coefficient (Wildman–Crippen LogP) is 2.33. The number of aliphatic hydroxyl groups is 1. The van der Waals surface area contributed by atoms with Crippen LogP contribution >= 0.6 is 0 Å². The lowest BCUT2D eigenvalue weighted by atomic mass is 9.81. The van der Waals surface area contributed by atoms with Crippen molar-refractivity contribution in [3.8, 4) is 5.75 Å². The van der Waals surface area contributed by atoms with Crippen LogP contribution in [0.25, 0.3) is 0 Å². The Kier molecular flexibility index (Phi) is 2.61. The van der Waals surface area contributed by atoms with E-state index >= 15 is 0 Å². The van der Waals surface area contributed by atoms with Crippen LogP contribution in [0, 0.1) is 0 Å². The van der Waals surface area contributed by atoms with Crippen molar-refractivity contribution in [2.45, 2.75) is 62.3 Å². The first-order valence-electron chi connectivity index (χ1n) is 7.47. The molecule has 3 heteroatoms. The Hall–Kier alpha value is -1.06. The molecule has 2 unspecified atom stereocenters. The first kappa shape index (κ1) is 11.7. The summed E-state index contributed by atoms with van der Waals surface area (Å²) in [5, 5.41) is 14.5. The number of hydrogen-bond donors (Lipinski definition) is 2. The van der Waals surface area contributed by atoms with Gasteiger partial charge in [-0.1, -0.05) is 12.1 Å². The zero-order chi connectivity index (χ0) is 12.9. The Morgan fingerprint density at radius 2 is 1.63 bits per heavy atom. The van der Waals surface area contributed by atoms with Crippen LogP contribution in [0.5, 0.6) is 5.75 Å². The summed E-state index contributed by atoms with van der Waals surface area (Å²) >= 11 is 0. The molecule has 0 radical (unpaired) electrons. The van der Waals surface area contributed by atoms with Gasteiger partial charge >= 0.3 is 0 Å². The molecule has 1 aromatic carbocycles. The number of nitrogens with one attached hydrogen (secondary N) is 1. The summed E-state index contributed by atoms with van der Waals surface area (Å²) in [6.45, 7) is 0. The molecule has 0 amide bonds. The summed E-state index contributed by atoms with van der Waals surface area (Å²) in [4.78, 5) is 0. The highest BCUT2D eigenvalue weighted by Gasteiger charge is 2.43. The standard InChI is InChI=1S/C16H21NO2/c18-16(9-12-3-4-13(10-16)17-12)11-1-5-14(6-2-11)19-15-7-8-15/h1-2,5-6,12-13,15,17-18H,3-4,7-10H2. The number of hydrogen-bond acceptors (Lipinski definition) is 3. The third-order valence-electron chi connectivity index (χ3n) is 4.72. The highest BCUT2D eigenvalue weighted by Crippen LogP contribution is 2.41. The maximum absolute atomic E-state index is 10.9. The molecule has 2 saturated heterocycles. The molecule has 1 aromatic rings. The van der Waals surface area contributed by atoms with Gasteiger partial charge < -0.3 is 15.2 Å². The second kappa shape index (κ2) is 4.22. The van der Waals surface area contributed by atoms with Crippen LogP contribution in [0.1, 0.15) is 44.1 Å². The molecule has 0 spiro atoms.